The maximum Gasteiger partial charge on any atom is 0.300 e. The number of anilines is 1. The van der Waals surface area contributed by atoms with Crippen LogP contribution < -0.4 is 9.64 Å². The Kier molecular flexibility index (Phi) is 5.33. The minimum atomic E-state index is -0.961. The minimum Gasteiger partial charge on any atom is -0.507 e. The van der Waals surface area contributed by atoms with Gasteiger partial charge in [-0.1, -0.05) is 29.3 Å². The Labute approximate surface area is 184 Å². The van der Waals surface area contributed by atoms with Gasteiger partial charge in [-0.25, -0.2) is 0 Å². The van der Waals surface area contributed by atoms with Gasteiger partial charge in [0.15, 0.2) is 0 Å². The van der Waals surface area contributed by atoms with Gasteiger partial charge in [0.05, 0.1) is 18.2 Å². The number of amides is 1. The second-order valence-electron chi connectivity index (χ2n) is 7.30. The van der Waals surface area contributed by atoms with Gasteiger partial charge in [-0.15, -0.1) is 0 Å². The molecule has 4 rings (SSSR count). The van der Waals surface area contributed by atoms with Gasteiger partial charge in [-0.2, -0.15) is 0 Å². The molecule has 1 atom stereocenters. The van der Waals surface area contributed by atoms with Crippen molar-refractivity contribution in [2.45, 2.75) is 19.9 Å². The van der Waals surface area contributed by atoms with Crippen LogP contribution >= 0.6 is 11.6 Å². The van der Waals surface area contributed by atoms with Crippen molar-refractivity contribution in [3.8, 4) is 5.75 Å². The molecular weight excluding hydrogens is 418 g/mol. The fraction of sp³-hybridized carbons (Fsp3) is 0.167. The highest BCUT2D eigenvalue weighted by Crippen LogP contribution is 2.44. The summed E-state index contributed by atoms with van der Waals surface area (Å²) < 4.78 is 11.2. The predicted octanol–water partition coefficient (Wildman–Crippen LogP) is 5.18. The number of furan rings is 1. The van der Waals surface area contributed by atoms with Crippen molar-refractivity contribution in [3.05, 3.63) is 87.8 Å². The van der Waals surface area contributed by atoms with E-state index in [0.29, 0.717) is 33.5 Å². The van der Waals surface area contributed by atoms with Crippen LogP contribution in [-0.2, 0) is 9.59 Å². The number of hydrogen-bond donors (Lipinski definition) is 1. The third-order valence-electron chi connectivity index (χ3n) is 5.17. The zero-order valence-corrected chi connectivity index (χ0v) is 17.9. The number of ketones is 1. The molecule has 1 unspecified atom stereocenters. The van der Waals surface area contributed by atoms with Crippen LogP contribution in [0.5, 0.6) is 5.75 Å². The van der Waals surface area contributed by atoms with Gasteiger partial charge in [-0.05, 0) is 56.3 Å². The highest BCUT2D eigenvalue weighted by Gasteiger charge is 2.48. The lowest BCUT2D eigenvalue weighted by Gasteiger charge is -2.23. The number of aliphatic hydroxyl groups is 1. The van der Waals surface area contributed by atoms with Crippen LogP contribution in [0.3, 0.4) is 0 Å². The number of halogens is 1. The summed E-state index contributed by atoms with van der Waals surface area (Å²) in [6, 6.07) is 14.3. The van der Waals surface area contributed by atoms with Crippen LogP contribution in [0.25, 0.3) is 5.76 Å². The monoisotopic (exact) mass is 437 g/mol. The lowest BCUT2D eigenvalue weighted by atomic mass is 9.97. The summed E-state index contributed by atoms with van der Waals surface area (Å²) in [5.41, 5.74) is 1.52. The summed E-state index contributed by atoms with van der Waals surface area (Å²) >= 11 is 6.13. The molecule has 158 valence electrons. The van der Waals surface area contributed by atoms with E-state index in [-0.39, 0.29) is 11.3 Å². The molecule has 0 bridgehead atoms. The molecule has 0 aliphatic carbocycles. The van der Waals surface area contributed by atoms with Crippen molar-refractivity contribution >= 4 is 34.7 Å². The van der Waals surface area contributed by atoms with E-state index in [2.05, 4.69) is 0 Å². The van der Waals surface area contributed by atoms with Gasteiger partial charge in [-0.3, -0.25) is 14.5 Å². The number of rotatable bonds is 4. The third kappa shape index (κ3) is 3.59. The topological polar surface area (TPSA) is 80.0 Å². The molecule has 0 spiro atoms. The van der Waals surface area contributed by atoms with Crippen molar-refractivity contribution < 1.29 is 23.8 Å². The average molecular weight is 438 g/mol. The Balaban J connectivity index is 1.98. The molecule has 0 saturated carbocycles. The first kappa shape index (κ1) is 20.8. The van der Waals surface area contributed by atoms with E-state index in [9.17, 15) is 14.7 Å². The quantitative estimate of drug-likeness (QED) is 0.345. The summed E-state index contributed by atoms with van der Waals surface area (Å²) in [5.74, 6) is -0.590. The van der Waals surface area contributed by atoms with Crippen LogP contribution in [0.1, 0.15) is 28.7 Å². The SMILES string of the molecule is COc1ccc(C)cc1/C(O)=C1/C(=O)C(=O)N(c2cccc(Cl)c2)C1c1ccc(C)o1. The van der Waals surface area contributed by atoms with E-state index in [1.807, 2.05) is 13.0 Å². The van der Waals surface area contributed by atoms with Gasteiger partial charge >= 0.3 is 0 Å². The molecule has 3 aromatic rings. The third-order valence-corrected chi connectivity index (χ3v) is 5.41. The van der Waals surface area contributed by atoms with E-state index in [1.54, 1.807) is 55.5 Å². The first-order valence-electron chi connectivity index (χ1n) is 9.59. The maximum absolute atomic E-state index is 13.1. The number of ether oxygens (including phenoxy) is 1. The van der Waals surface area contributed by atoms with Gasteiger partial charge in [0.1, 0.15) is 29.1 Å². The number of aliphatic hydroxyl groups excluding tert-OH is 1. The zero-order valence-electron chi connectivity index (χ0n) is 17.2. The van der Waals surface area contributed by atoms with Crippen molar-refractivity contribution in [2.75, 3.05) is 12.0 Å². The second kappa shape index (κ2) is 7.96. The van der Waals surface area contributed by atoms with Gasteiger partial charge < -0.3 is 14.3 Å². The molecule has 0 radical (unpaired) electrons. The fourth-order valence-corrected chi connectivity index (χ4v) is 3.93. The van der Waals surface area contributed by atoms with E-state index >= 15 is 0 Å². The normalized spacial score (nSPS) is 17.9. The van der Waals surface area contributed by atoms with E-state index in [4.69, 9.17) is 20.8 Å². The number of carbonyl (C=O) groups is 2. The molecule has 2 heterocycles. The Morgan fingerprint density at radius 2 is 1.87 bits per heavy atom. The Bertz CT molecular complexity index is 1230. The molecule has 1 aromatic heterocycles. The Morgan fingerprint density at radius 3 is 2.52 bits per heavy atom. The highest BCUT2D eigenvalue weighted by molar-refractivity contribution is 6.51. The molecule has 1 saturated heterocycles. The second-order valence-corrected chi connectivity index (χ2v) is 7.74. The van der Waals surface area contributed by atoms with E-state index < -0.39 is 17.7 Å². The number of hydrogen-bond acceptors (Lipinski definition) is 5. The maximum atomic E-state index is 13.1. The Morgan fingerprint density at radius 1 is 1.10 bits per heavy atom. The van der Waals surface area contributed by atoms with Crippen LogP contribution in [0, 0.1) is 13.8 Å². The number of carbonyl (C=O) groups excluding carboxylic acids is 2. The number of benzene rings is 2. The molecule has 1 N–H and O–H groups in total. The van der Waals surface area contributed by atoms with Crippen LogP contribution in [-0.4, -0.2) is 23.9 Å². The van der Waals surface area contributed by atoms with E-state index in [1.165, 1.54) is 12.0 Å². The minimum absolute atomic E-state index is 0.0803. The molecule has 1 fully saturated rings. The first-order chi connectivity index (χ1) is 14.8. The van der Waals surface area contributed by atoms with Crippen LogP contribution in [0.15, 0.2) is 64.6 Å². The predicted molar refractivity (Wildman–Crippen MR) is 117 cm³/mol. The molecule has 31 heavy (non-hydrogen) atoms. The molecular formula is C24H20ClNO5. The van der Waals surface area contributed by atoms with E-state index in [0.717, 1.165) is 5.56 Å². The number of nitrogens with zero attached hydrogens (tertiary/aromatic N) is 1. The molecule has 1 amide bonds. The summed E-state index contributed by atoms with van der Waals surface area (Å²) in [4.78, 5) is 27.5. The standard InChI is InChI=1S/C24H20ClNO5/c1-13-7-9-18(30-3)17(11-13)22(27)20-21(19-10-8-14(2)31-19)26(24(29)23(20)28)16-6-4-5-15(25)12-16/h4-12,21,27H,1-3H3/b22-20-. The van der Waals surface area contributed by atoms with Crippen molar-refractivity contribution in [2.24, 2.45) is 0 Å². The van der Waals surface area contributed by atoms with Crippen molar-refractivity contribution in [1.29, 1.82) is 0 Å². The average Bonchev–Trinajstić information content (AvgIpc) is 3.28. The van der Waals surface area contributed by atoms with Crippen LogP contribution in [0.4, 0.5) is 5.69 Å². The number of aryl methyl sites for hydroxylation is 2. The van der Waals surface area contributed by atoms with Gasteiger partial charge in [0, 0.05) is 10.7 Å². The van der Waals surface area contributed by atoms with Crippen LogP contribution in [0.2, 0.25) is 5.02 Å². The summed E-state index contributed by atoms with van der Waals surface area (Å²) in [6.07, 6.45) is 0. The fourth-order valence-electron chi connectivity index (χ4n) is 3.75. The molecule has 7 heteroatoms. The lowest BCUT2D eigenvalue weighted by molar-refractivity contribution is -0.132. The molecule has 2 aromatic carbocycles. The highest BCUT2D eigenvalue weighted by atomic mass is 35.5. The zero-order chi connectivity index (χ0) is 22.3. The smallest absolute Gasteiger partial charge is 0.300 e. The summed E-state index contributed by atoms with van der Waals surface area (Å²) in [5, 5.41) is 11.6. The van der Waals surface area contributed by atoms with Crippen molar-refractivity contribution in [1.82, 2.24) is 0 Å². The number of Topliss-reactive ketones (excluding diaryl/α,β-unsaturated/α-hetero) is 1. The summed E-state index contributed by atoms with van der Waals surface area (Å²) in [7, 11) is 1.47. The van der Waals surface area contributed by atoms with Gasteiger partial charge in [0.2, 0.25) is 0 Å². The van der Waals surface area contributed by atoms with Crippen molar-refractivity contribution in [3.63, 3.8) is 0 Å². The lowest BCUT2D eigenvalue weighted by Crippen LogP contribution is -2.29. The first-order valence-corrected chi connectivity index (χ1v) is 9.97. The largest absolute Gasteiger partial charge is 0.507 e. The molecule has 1 aliphatic heterocycles. The Hall–Kier alpha value is -3.51. The number of methoxy groups -OCH3 is 1. The van der Waals surface area contributed by atoms with Gasteiger partial charge in [0.25, 0.3) is 11.7 Å². The summed E-state index contributed by atoms with van der Waals surface area (Å²) in [6.45, 7) is 3.62. The molecule has 6 nitrogen and oxygen atoms in total. The molecule has 1 aliphatic rings.